The summed E-state index contributed by atoms with van der Waals surface area (Å²) >= 11 is 0. The molecule has 0 aromatic carbocycles. The lowest BCUT2D eigenvalue weighted by atomic mass is 10.0. The maximum atomic E-state index is 5.52. The number of hydrogen-bond donors (Lipinski definition) is 1. The summed E-state index contributed by atoms with van der Waals surface area (Å²) in [5.41, 5.74) is 1.24. The Morgan fingerprint density at radius 1 is 1.53 bits per heavy atom. The van der Waals surface area contributed by atoms with Gasteiger partial charge in [0.15, 0.2) is 0 Å². The molecule has 2 rings (SSSR count). The summed E-state index contributed by atoms with van der Waals surface area (Å²) in [5.74, 6) is 0.720. The highest BCUT2D eigenvalue weighted by molar-refractivity contribution is 5.07. The van der Waals surface area contributed by atoms with Crippen molar-refractivity contribution in [1.82, 2.24) is 15.2 Å². The molecule has 1 N–H and O–H groups in total. The lowest BCUT2D eigenvalue weighted by molar-refractivity contribution is 0.0422. The number of hydrogen-bond acceptors (Lipinski definition) is 4. The first-order chi connectivity index (χ1) is 9.34. The van der Waals surface area contributed by atoms with E-state index in [-0.39, 0.29) is 0 Å². The largest absolute Gasteiger partial charge is 0.381 e. The lowest BCUT2D eigenvalue weighted by Gasteiger charge is -2.27. The topological polar surface area (TPSA) is 37.4 Å². The van der Waals surface area contributed by atoms with E-state index in [4.69, 9.17) is 4.74 Å². The van der Waals surface area contributed by atoms with E-state index in [1.807, 2.05) is 18.5 Å². The molecule has 1 aromatic heterocycles. The molecular formula is C15H25N3O. The zero-order valence-corrected chi connectivity index (χ0v) is 11.8. The molecule has 1 aromatic rings. The first kappa shape index (κ1) is 14.4. The van der Waals surface area contributed by atoms with Crippen molar-refractivity contribution in [3.63, 3.8) is 0 Å². The van der Waals surface area contributed by atoms with Crippen LogP contribution in [0.4, 0.5) is 0 Å². The number of rotatable bonds is 7. The Bertz CT molecular complexity index is 339. The van der Waals surface area contributed by atoms with Crippen LogP contribution in [0, 0.1) is 5.92 Å². The van der Waals surface area contributed by atoms with Crippen molar-refractivity contribution in [2.24, 2.45) is 5.92 Å². The zero-order chi connectivity index (χ0) is 13.3. The van der Waals surface area contributed by atoms with Crippen molar-refractivity contribution in [3.05, 3.63) is 30.1 Å². The van der Waals surface area contributed by atoms with Crippen LogP contribution in [0.1, 0.15) is 18.4 Å². The normalized spacial score (nSPS) is 19.8. The summed E-state index contributed by atoms with van der Waals surface area (Å²) < 4.78 is 5.52. The molecule has 0 amide bonds. The van der Waals surface area contributed by atoms with Crippen molar-refractivity contribution in [1.29, 1.82) is 0 Å². The Morgan fingerprint density at radius 2 is 2.47 bits per heavy atom. The van der Waals surface area contributed by atoms with Gasteiger partial charge in [0.25, 0.3) is 0 Å². The van der Waals surface area contributed by atoms with Gasteiger partial charge in [-0.25, -0.2) is 0 Å². The molecule has 0 aliphatic carbocycles. The van der Waals surface area contributed by atoms with Crippen LogP contribution in [0.25, 0.3) is 0 Å². The third-order valence-corrected chi connectivity index (χ3v) is 3.55. The van der Waals surface area contributed by atoms with Gasteiger partial charge in [-0.3, -0.25) is 4.98 Å². The fourth-order valence-electron chi connectivity index (χ4n) is 2.49. The second kappa shape index (κ2) is 8.25. The highest BCUT2D eigenvalue weighted by atomic mass is 16.5. The van der Waals surface area contributed by atoms with Crippen LogP contribution in [0.2, 0.25) is 0 Å². The number of pyridine rings is 1. The van der Waals surface area contributed by atoms with Crippen molar-refractivity contribution in [3.8, 4) is 0 Å². The smallest absolute Gasteiger partial charge is 0.0506 e. The highest BCUT2D eigenvalue weighted by Gasteiger charge is 2.15. The van der Waals surface area contributed by atoms with Crippen molar-refractivity contribution >= 4 is 0 Å². The van der Waals surface area contributed by atoms with Crippen LogP contribution in [-0.2, 0) is 11.3 Å². The van der Waals surface area contributed by atoms with E-state index >= 15 is 0 Å². The molecule has 19 heavy (non-hydrogen) atoms. The standard InChI is InChI=1S/C15H25N3O/c1-18(12-15-5-3-9-19-13-15)8-7-17-11-14-4-2-6-16-10-14/h2,4,6,10,15,17H,3,5,7-9,11-13H2,1H3. The third kappa shape index (κ3) is 5.68. The van der Waals surface area contributed by atoms with E-state index in [0.29, 0.717) is 0 Å². The van der Waals surface area contributed by atoms with Crippen LogP contribution >= 0.6 is 0 Å². The Morgan fingerprint density at radius 3 is 3.21 bits per heavy atom. The summed E-state index contributed by atoms with van der Waals surface area (Å²) in [4.78, 5) is 6.51. The number of ether oxygens (including phenoxy) is 1. The molecule has 4 heteroatoms. The summed E-state index contributed by atoms with van der Waals surface area (Å²) in [6, 6.07) is 4.08. The highest BCUT2D eigenvalue weighted by Crippen LogP contribution is 2.13. The molecule has 0 bridgehead atoms. The van der Waals surface area contributed by atoms with E-state index in [1.165, 1.54) is 18.4 Å². The van der Waals surface area contributed by atoms with Gasteiger partial charge in [-0.1, -0.05) is 6.07 Å². The average Bonchev–Trinajstić information content (AvgIpc) is 2.46. The summed E-state index contributed by atoms with van der Waals surface area (Å²) in [6.45, 7) is 6.03. The quantitative estimate of drug-likeness (QED) is 0.757. The Balaban J connectivity index is 1.55. The Hall–Kier alpha value is -0.970. The van der Waals surface area contributed by atoms with Gasteiger partial charge in [-0.15, -0.1) is 0 Å². The summed E-state index contributed by atoms with van der Waals surface area (Å²) in [5, 5.41) is 3.46. The van der Waals surface area contributed by atoms with E-state index in [0.717, 1.165) is 45.3 Å². The van der Waals surface area contributed by atoms with Gasteiger partial charge in [0.1, 0.15) is 0 Å². The maximum Gasteiger partial charge on any atom is 0.0506 e. The van der Waals surface area contributed by atoms with E-state index in [1.54, 1.807) is 0 Å². The van der Waals surface area contributed by atoms with Crippen LogP contribution in [0.15, 0.2) is 24.5 Å². The molecule has 1 aliphatic rings. The monoisotopic (exact) mass is 263 g/mol. The van der Waals surface area contributed by atoms with E-state index in [9.17, 15) is 0 Å². The van der Waals surface area contributed by atoms with Gasteiger partial charge in [0, 0.05) is 45.2 Å². The fourth-order valence-corrected chi connectivity index (χ4v) is 2.49. The summed E-state index contributed by atoms with van der Waals surface area (Å²) in [7, 11) is 2.19. The number of nitrogens with one attached hydrogen (secondary N) is 1. The molecule has 4 nitrogen and oxygen atoms in total. The van der Waals surface area contributed by atoms with Crippen LogP contribution in [-0.4, -0.2) is 49.8 Å². The van der Waals surface area contributed by atoms with Crippen molar-refractivity contribution in [2.75, 3.05) is 39.9 Å². The fraction of sp³-hybridized carbons (Fsp3) is 0.667. The minimum absolute atomic E-state index is 0.720. The van der Waals surface area contributed by atoms with Crippen LogP contribution < -0.4 is 5.32 Å². The molecule has 1 saturated heterocycles. The van der Waals surface area contributed by atoms with Gasteiger partial charge >= 0.3 is 0 Å². The van der Waals surface area contributed by atoms with Crippen LogP contribution in [0.3, 0.4) is 0 Å². The predicted octanol–water partition coefficient (Wildman–Crippen LogP) is 1.53. The second-order valence-corrected chi connectivity index (χ2v) is 5.38. The van der Waals surface area contributed by atoms with Crippen molar-refractivity contribution in [2.45, 2.75) is 19.4 Å². The van der Waals surface area contributed by atoms with E-state index in [2.05, 4.69) is 28.3 Å². The molecule has 1 atom stereocenters. The molecule has 0 spiro atoms. The SMILES string of the molecule is CN(CCNCc1cccnc1)CC1CCCOC1. The molecular weight excluding hydrogens is 238 g/mol. The van der Waals surface area contributed by atoms with Gasteiger partial charge in [-0.05, 0) is 37.4 Å². The van der Waals surface area contributed by atoms with Crippen LogP contribution in [0.5, 0.6) is 0 Å². The molecule has 0 radical (unpaired) electrons. The number of aromatic nitrogens is 1. The molecule has 106 valence electrons. The molecule has 1 fully saturated rings. The van der Waals surface area contributed by atoms with Crippen molar-refractivity contribution < 1.29 is 4.74 Å². The minimum Gasteiger partial charge on any atom is -0.381 e. The molecule has 2 heterocycles. The van der Waals surface area contributed by atoms with E-state index < -0.39 is 0 Å². The van der Waals surface area contributed by atoms with Gasteiger partial charge in [0.05, 0.1) is 6.61 Å². The summed E-state index contributed by atoms with van der Waals surface area (Å²) in [6.07, 6.45) is 6.25. The first-order valence-electron chi connectivity index (χ1n) is 7.20. The number of likely N-dealkylation sites (N-methyl/N-ethyl adjacent to an activating group) is 1. The molecule has 0 saturated carbocycles. The lowest BCUT2D eigenvalue weighted by Crippen LogP contribution is -2.35. The Labute approximate surface area is 116 Å². The number of nitrogens with zero attached hydrogens (tertiary/aromatic N) is 2. The molecule has 1 aliphatic heterocycles. The zero-order valence-electron chi connectivity index (χ0n) is 11.8. The molecule has 1 unspecified atom stereocenters. The maximum absolute atomic E-state index is 5.52. The first-order valence-corrected chi connectivity index (χ1v) is 7.20. The second-order valence-electron chi connectivity index (χ2n) is 5.38. The minimum atomic E-state index is 0.720. The predicted molar refractivity (Wildman–Crippen MR) is 77.0 cm³/mol. The van der Waals surface area contributed by atoms with Gasteiger partial charge in [-0.2, -0.15) is 0 Å². The van der Waals surface area contributed by atoms with Gasteiger partial charge < -0.3 is 15.0 Å². The third-order valence-electron chi connectivity index (χ3n) is 3.55. The average molecular weight is 263 g/mol. The van der Waals surface area contributed by atoms with Gasteiger partial charge in [0.2, 0.25) is 0 Å². The Kier molecular flexibility index (Phi) is 6.27.